The van der Waals surface area contributed by atoms with Gasteiger partial charge in [-0.2, -0.15) is 0 Å². The summed E-state index contributed by atoms with van der Waals surface area (Å²) in [7, 11) is 1.32. The Balaban J connectivity index is 1.87. The maximum atomic E-state index is 12.7. The predicted octanol–water partition coefficient (Wildman–Crippen LogP) is 0.197. The van der Waals surface area contributed by atoms with Gasteiger partial charge in [0.2, 0.25) is 0 Å². The number of esters is 1. The fourth-order valence-corrected chi connectivity index (χ4v) is 3.01. The van der Waals surface area contributed by atoms with Gasteiger partial charge in [-0.15, -0.1) is 0 Å². The van der Waals surface area contributed by atoms with E-state index in [9.17, 15) is 9.59 Å². The minimum absolute atomic E-state index is 0.123. The van der Waals surface area contributed by atoms with Crippen LogP contribution in [0.5, 0.6) is 0 Å². The van der Waals surface area contributed by atoms with Crippen LogP contribution in [0.4, 0.5) is 5.69 Å². The Morgan fingerprint density at radius 2 is 2.00 bits per heavy atom. The van der Waals surface area contributed by atoms with Gasteiger partial charge in [0.1, 0.15) is 18.8 Å². The number of aromatic amines is 1. The first-order chi connectivity index (χ1) is 11.6. The number of aromatic nitrogens is 1. The van der Waals surface area contributed by atoms with Crippen LogP contribution >= 0.6 is 0 Å². The molecule has 0 spiro atoms. The van der Waals surface area contributed by atoms with E-state index in [1.807, 2.05) is 31.2 Å². The van der Waals surface area contributed by atoms with Gasteiger partial charge in [-0.3, -0.25) is 4.79 Å². The fourth-order valence-electron chi connectivity index (χ4n) is 3.01. The number of fused-ring (bicyclic) bond motifs is 1. The highest BCUT2D eigenvalue weighted by atomic mass is 16.5. The average Bonchev–Trinajstić information content (AvgIpc) is 2.99. The Morgan fingerprint density at radius 3 is 2.71 bits per heavy atom. The quantitative estimate of drug-likeness (QED) is 0.698. The molecule has 0 radical (unpaired) electrons. The largest absolute Gasteiger partial charge is 0.464 e. The number of morpholine rings is 1. The topological polar surface area (TPSA) is 84.9 Å². The molecule has 128 valence electrons. The van der Waals surface area contributed by atoms with Gasteiger partial charge >= 0.3 is 5.97 Å². The molecule has 2 aromatic rings. The van der Waals surface area contributed by atoms with E-state index in [-0.39, 0.29) is 17.6 Å². The Kier molecular flexibility index (Phi) is 4.82. The van der Waals surface area contributed by atoms with Crippen molar-refractivity contribution in [3.05, 3.63) is 30.0 Å². The van der Waals surface area contributed by atoms with Crippen molar-refractivity contribution in [2.24, 2.45) is 0 Å². The number of anilines is 1. The summed E-state index contributed by atoms with van der Waals surface area (Å²) in [4.78, 5) is 28.9. The van der Waals surface area contributed by atoms with Crippen LogP contribution in [0.15, 0.2) is 24.3 Å². The van der Waals surface area contributed by atoms with E-state index in [0.717, 1.165) is 24.0 Å². The second-order valence-corrected chi connectivity index (χ2v) is 5.89. The smallest absolute Gasteiger partial charge is 0.356 e. The van der Waals surface area contributed by atoms with Crippen molar-refractivity contribution in [3.8, 4) is 0 Å². The summed E-state index contributed by atoms with van der Waals surface area (Å²) in [5.74, 6) is -0.630. The van der Waals surface area contributed by atoms with Crippen molar-refractivity contribution in [1.29, 1.82) is 0 Å². The molecule has 3 N–H and O–H groups in total. The zero-order valence-corrected chi connectivity index (χ0v) is 13.8. The van der Waals surface area contributed by atoms with Gasteiger partial charge in [0.05, 0.1) is 26.0 Å². The summed E-state index contributed by atoms with van der Waals surface area (Å²) in [6.07, 6.45) is 0. The number of H-pyrrole nitrogens is 1. The molecule has 7 nitrogen and oxygen atoms in total. The van der Waals surface area contributed by atoms with Crippen molar-refractivity contribution in [2.45, 2.75) is 13.0 Å². The highest BCUT2D eigenvalue weighted by Crippen LogP contribution is 2.28. The van der Waals surface area contributed by atoms with E-state index in [1.54, 1.807) is 0 Å². The van der Waals surface area contributed by atoms with Gasteiger partial charge in [0, 0.05) is 10.9 Å². The van der Waals surface area contributed by atoms with Crippen molar-refractivity contribution < 1.29 is 24.0 Å². The third-order valence-electron chi connectivity index (χ3n) is 4.48. The predicted molar refractivity (Wildman–Crippen MR) is 89.2 cm³/mol. The molecule has 0 aliphatic carbocycles. The number of hydrogen-bond donors (Lipinski definition) is 3. The van der Waals surface area contributed by atoms with E-state index in [2.05, 4.69) is 10.3 Å². The van der Waals surface area contributed by atoms with Crippen LogP contribution in [0, 0.1) is 0 Å². The molecule has 0 bridgehead atoms. The highest BCUT2D eigenvalue weighted by Gasteiger charge is 2.29. The highest BCUT2D eigenvalue weighted by molar-refractivity contribution is 6.11. The Labute approximate surface area is 139 Å². The molecule has 0 unspecified atom stereocenters. The standard InChI is InChI=1S/C17H21N3O4/c1-11(20-7-9-24-10-8-20)16(21)19-14-12-5-3-4-6-13(12)18-15(14)17(22)23-2/h3-6,11,18H,7-10H2,1-2H3,(H,19,21)/p+1/t11-/m1/s1. The minimum atomic E-state index is -0.507. The van der Waals surface area contributed by atoms with Crippen LogP contribution in [0.2, 0.25) is 0 Å². The molecular formula is C17H22N3O4+. The Hall–Kier alpha value is -2.38. The van der Waals surface area contributed by atoms with Crippen molar-refractivity contribution in [3.63, 3.8) is 0 Å². The second kappa shape index (κ2) is 7.02. The van der Waals surface area contributed by atoms with E-state index in [4.69, 9.17) is 9.47 Å². The van der Waals surface area contributed by atoms with E-state index in [0.29, 0.717) is 18.9 Å². The summed E-state index contributed by atoms with van der Waals surface area (Å²) >= 11 is 0. The molecule has 2 heterocycles. The molecule has 0 saturated carbocycles. The number of hydrogen-bond acceptors (Lipinski definition) is 4. The number of benzene rings is 1. The lowest BCUT2D eigenvalue weighted by Gasteiger charge is -2.28. The Bertz CT molecular complexity index is 749. The van der Waals surface area contributed by atoms with Crippen molar-refractivity contribution >= 4 is 28.5 Å². The molecule has 1 aromatic carbocycles. The van der Waals surface area contributed by atoms with Crippen LogP contribution in [0.1, 0.15) is 17.4 Å². The number of carbonyl (C=O) groups excluding carboxylic acids is 2. The number of para-hydroxylation sites is 1. The molecule has 1 aliphatic rings. The first kappa shape index (κ1) is 16.5. The van der Waals surface area contributed by atoms with Crippen LogP contribution in [-0.4, -0.2) is 56.3 Å². The molecule has 1 fully saturated rings. The van der Waals surface area contributed by atoms with Crippen molar-refractivity contribution in [1.82, 2.24) is 4.98 Å². The fraction of sp³-hybridized carbons (Fsp3) is 0.412. The van der Waals surface area contributed by atoms with E-state index < -0.39 is 5.97 Å². The van der Waals surface area contributed by atoms with E-state index >= 15 is 0 Å². The van der Waals surface area contributed by atoms with Crippen LogP contribution < -0.4 is 10.2 Å². The molecule has 1 amide bonds. The number of ether oxygens (including phenoxy) is 2. The zero-order chi connectivity index (χ0) is 17.1. The third-order valence-corrected chi connectivity index (χ3v) is 4.48. The first-order valence-electron chi connectivity index (χ1n) is 8.04. The lowest BCUT2D eigenvalue weighted by Crippen LogP contribution is -3.18. The summed E-state index contributed by atoms with van der Waals surface area (Å²) in [6, 6.07) is 7.22. The lowest BCUT2D eigenvalue weighted by atomic mass is 10.2. The number of nitrogens with one attached hydrogen (secondary N) is 3. The van der Waals surface area contributed by atoms with Gasteiger partial charge in [0.25, 0.3) is 5.91 Å². The number of carbonyl (C=O) groups is 2. The molecule has 1 saturated heterocycles. The number of amides is 1. The molecule has 1 aliphatic heterocycles. The summed E-state index contributed by atoms with van der Waals surface area (Å²) < 4.78 is 10.2. The molecule has 1 aromatic heterocycles. The maximum absolute atomic E-state index is 12.7. The Morgan fingerprint density at radius 1 is 1.29 bits per heavy atom. The van der Waals surface area contributed by atoms with Crippen LogP contribution in [0.25, 0.3) is 10.9 Å². The average molecular weight is 332 g/mol. The minimum Gasteiger partial charge on any atom is -0.464 e. The molecule has 1 atom stereocenters. The summed E-state index contributed by atoms with van der Waals surface area (Å²) in [5.41, 5.74) is 1.51. The SMILES string of the molecule is COC(=O)c1[nH]c2ccccc2c1NC(=O)[C@@H](C)[NH+]1CCOCC1. The lowest BCUT2D eigenvalue weighted by molar-refractivity contribution is -0.921. The normalized spacial score (nSPS) is 16.8. The molecule has 3 rings (SSSR count). The molecule has 24 heavy (non-hydrogen) atoms. The number of quaternary nitrogens is 1. The zero-order valence-electron chi connectivity index (χ0n) is 13.8. The van der Waals surface area contributed by atoms with E-state index in [1.165, 1.54) is 12.0 Å². The van der Waals surface area contributed by atoms with Gasteiger partial charge in [-0.25, -0.2) is 4.79 Å². The van der Waals surface area contributed by atoms with Gasteiger partial charge in [-0.1, -0.05) is 18.2 Å². The molecular weight excluding hydrogens is 310 g/mol. The number of rotatable bonds is 4. The maximum Gasteiger partial charge on any atom is 0.356 e. The van der Waals surface area contributed by atoms with Gasteiger partial charge in [0.15, 0.2) is 6.04 Å². The molecule has 7 heteroatoms. The van der Waals surface area contributed by atoms with Crippen LogP contribution in [0.3, 0.4) is 0 Å². The second-order valence-electron chi connectivity index (χ2n) is 5.89. The summed E-state index contributed by atoms with van der Waals surface area (Å²) in [5, 5.41) is 3.70. The third kappa shape index (κ3) is 3.13. The monoisotopic (exact) mass is 332 g/mol. The first-order valence-corrected chi connectivity index (χ1v) is 8.04. The van der Waals surface area contributed by atoms with Gasteiger partial charge < -0.3 is 24.7 Å². The number of methoxy groups -OCH3 is 1. The summed E-state index contributed by atoms with van der Waals surface area (Å²) in [6.45, 7) is 4.81. The van der Waals surface area contributed by atoms with Crippen LogP contribution in [-0.2, 0) is 14.3 Å². The van der Waals surface area contributed by atoms with Gasteiger partial charge in [-0.05, 0) is 13.0 Å². The van der Waals surface area contributed by atoms with Crippen molar-refractivity contribution in [2.75, 3.05) is 38.7 Å².